The van der Waals surface area contributed by atoms with Gasteiger partial charge in [0.05, 0.1) is 11.4 Å². The molecule has 1 saturated heterocycles. The number of halogens is 1. The van der Waals surface area contributed by atoms with Gasteiger partial charge in [-0.3, -0.25) is 4.72 Å². The van der Waals surface area contributed by atoms with Crippen LogP contribution in [0.2, 0.25) is 0 Å². The maximum atomic E-state index is 11.8. The van der Waals surface area contributed by atoms with Crippen LogP contribution in [0.5, 0.6) is 0 Å². The summed E-state index contributed by atoms with van der Waals surface area (Å²) < 4.78 is 27.0. The summed E-state index contributed by atoms with van der Waals surface area (Å²) in [4.78, 5) is 0. The lowest BCUT2D eigenvalue weighted by atomic mass is 10.1. The second-order valence-corrected chi connectivity index (χ2v) is 6.83. The Kier molecular flexibility index (Phi) is 4.06. The van der Waals surface area contributed by atoms with Gasteiger partial charge in [-0.05, 0) is 47.4 Å². The van der Waals surface area contributed by atoms with E-state index >= 15 is 0 Å². The fourth-order valence-corrected chi connectivity index (χ4v) is 3.38. The molecule has 1 heterocycles. The molecule has 0 amide bonds. The molecule has 0 aliphatic carbocycles. The number of nitrogens with one attached hydrogen (secondary N) is 2. The van der Waals surface area contributed by atoms with Gasteiger partial charge in [-0.15, -0.1) is 0 Å². The van der Waals surface area contributed by atoms with Gasteiger partial charge < -0.3 is 5.32 Å². The van der Waals surface area contributed by atoms with E-state index in [0.717, 1.165) is 17.4 Å². The number of rotatable bonds is 5. The molecule has 94 valence electrons. The Morgan fingerprint density at radius 3 is 2.71 bits per heavy atom. The zero-order chi connectivity index (χ0) is 12.3. The van der Waals surface area contributed by atoms with Crippen LogP contribution in [0.25, 0.3) is 0 Å². The van der Waals surface area contributed by atoms with Gasteiger partial charge in [-0.25, -0.2) is 8.42 Å². The molecule has 17 heavy (non-hydrogen) atoms. The lowest BCUT2D eigenvalue weighted by Gasteiger charge is -2.27. The number of sulfonamides is 1. The first-order chi connectivity index (χ1) is 8.07. The summed E-state index contributed by atoms with van der Waals surface area (Å²) >= 11 is 3.31. The minimum absolute atomic E-state index is 0.159. The first-order valence-electron chi connectivity index (χ1n) is 5.55. The van der Waals surface area contributed by atoms with Crippen molar-refractivity contribution in [3.63, 3.8) is 0 Å². The third-order valence-electron chi connectivity index (χ3n) is 2.80. The quantitative estimate of drug-likeness (QED) is 0.872. The number of hydrogen-bond acceptors (Lipinski definition) is 3. The number of anilines is 1. The van der Waals surface area contributed by atoms with Crippen molar-refractivity contribution < 1.29 is 8.42 Å². The van der Waals surface area contributed by atoms with Crippen molar-refractivity contribution in [3.8, 4) is 0 Å². The molecule has 1 unspecified atom stereocenters. The van der Waals surface area contributed by atoms with Crippen LogP contribution in [0.3, 0.4) is 0 Å². The molecular weight excluding hydrogens is 304 g/mol. The second-order valence-electron chi connectivity index (χ2n) is 4.13. The third-order valence-corrected chi connectivity index (χ3v) is 4.80. The van der Waals surface area contributed by atoms with Crippen molar-refractivity contribution in [2.75, 3.05) is 17.0 Å². The molecule has 4 nitrogen and oxygen atoms in total. The average Bonchev–Trinajstić information content (AvgIpc) is 2.18. The van der Waals surface area contributed by atoms with Crippen LogP contribution in [0.15, 0.2) is 28.7 Å². The average molecular weight is 319 g/mol. The first kappa shape index (κ1) is 12.9. The van der Waals surface area contributed by atoms with E-state index in [1.54, 1.807) is 12.1 Å². The molecule has 0 saturated carbocycles. The highest BCUT2D eigenvalue weighted by molar-refractivity contribution is 9.10. The lowest BCUT2D eigenvalue weighted by molar-refractivity contribution is 0.362. The van der Waals surface area contributed by atoms with Gasteiger partial charge in [-0.2, -0.15) is 0 Å². The predicted octanol–water partition coefficient (Wildman–Crippen LogP) is 1.94. The number of para-hydroxylation sites is 1. The van der Waals surface area contributed by atoms with Gasteiger partial charge in [0.25, 0.3) is 0 Å². The predicted molar refractivity (Wildman–Crippen MR) is 72.6 cm³/mol. The summed E-state index contributed by atoms with van der Waals surface area (Å²) in [5.74, 6) is 0.159. The molecule has 1 aliphatic heterocycles. The van der Waals surface area contributed by atoms with Crippen molar-refractivity contribution in [1.82, 2.24) is 5.32 Å². The highest BCUT2D eigenvalue weighted by Gasteiger charge is 2.20. The standard InChI is InChI=1S/C11H15BrN2O2S/c12-10-3-1-2-4-11(10)14-17(15,16)8-6-9-5-7-13-9/h1-4,9,13-14H,5-8H2. The van der Waals surface area contributed by atoms with Gasteiger partial charge in [0, 0.05) is 10.5 Å². The lowest BCUT2D eigenvalue weighted by Crippen LogP contribution is -2.44. The van der Waals surface area contributed by atoms with Crippen LogP contribution in [-0.2, 0) is 10.0 Å². The molecule has 0 bridgehead atoms. The van der Waals surface area contributed by atoms with E-state index in [2.05, 4.69) is 26.0 Å². The highest BCUT2D eigenvalue weighted by Crippen LogP contribution is 2.22. The number of hydrogen-bond donors (Lipinski definition) is 2. The zero-order valence-electron chi connectivity index (χ0n) is 9.32. The van der Waals surface area contributed by atoms with E-state index in [-0.39, 0.29) is 5.75 Å². The van der Waals surface area contributed by atoms with Crippen molar-refractivity contribution in [3.05, 3.63) is 28.7 Å². The second kappa shape index (κ2) is 5.37. The molecule has 0 radical (unpaired) electrons. The van der Waals surface area contributed by atoms with Gasteiger partial charge in [0.15, 0.2) is 0 Å². The Bertz CT molecular complexity index is 486. The monoisotopic (exact) mass is 318 g/mol. The fraction of sp³-hybridized carbons (Fsp3) is 0.455. The van der Waals surface area contributed by atoms with E-state index in [1.807, 2.05) is 12.1 Å². The maximum absolute atomic E-state index is 11.8. The zero-order valence-corrected chi connectivity index (χ0v) is 11.7. The largest absolute Gasteiger partial charge is 0.314 e. The van der Waals surface area contributed by atoms with Gasteiger partial charge in [-0.1, -0.05) is 12.1 Å². The molecule has 0 aromatic heterocycles. The molecule has 1 aromatic carbocycles. The van der Waals surface area contributed by atoms with Crippen molar-refractivity contribution in [2.45, 2.75) is 18.9 Å². The summed E-state index contributed by atoms with van der Waals surface area (Å²) in [6.45, 7) is 1.00. The van der Waals surface area contributed by atoms with Crippen molar-refractivity contribution >= 4 is 31.6 Å². The minimum Gasteiger partial charge on any atom is -0.314 e. The molecule has 0 spiro atoms. The SMILES string of the molecule is O=S(=O)(CCC1CCN1)Nc1ccccc1Br. The Hall–Kier alpha value is -0.590. The molecule has 1 atom stereocenters. The highest BCUT2D eigenvalue weighted by atomic mass is 79.9. The van der Waals surface area contributed by atoms with Gasteiger partial charge in [0.2, 0.25) is 10.0 Å². The Morgan fingerprint density at radius 2 is 2.12 bits per heavy atom. The molecule has 2 rings (SSSR count). The normalized spacial score (nSPS) is 19.7. The third kappa shape index (κ3) is 3.69. The molecular formula is C11H15BrN2O2S. The van der Waals surface area contributed by atoms with E-state index in [0.29, 0.717) is 18.2 Å². The summed E-state index contributed by atoms with van der Waals surface area (Å²) in [6, 6.07) is 7.57. The molecule has 2 N–H and O–H groups in total. The first-order valence-corrected chi connectivity index (χ1v) is 8.00. The van der Waals surface area contributed by atoms with E-state index < -0.39 is 10.0 Å². The van der Waals surface area contributed by atoms with Gasteiger partial charge >= 0.3 is 0 Å². The molecule has 1 aromatic rings. The molecule has 1 aliphatic rings. The topological polar surface area (TPSA) is 58.2 Å². The van der Waals surface area contributed by atoms with E-state index in [9.17, 15) is 8.42 Å². The Labute approximate surface area is 110 Å². The van der Waals surface area contributed by atoms with Crippen LogP contribution in [-0.4, -0.2) is 26.8 Å². The van der Waals surface area contributed by atoms with Crippen LogP contribution in [0, 0.1) is 0 Å². The van der Waals surface area contributed by atoms with E-state index in [1.165, 1.54) is 0 Å². The minimum atomic E-state index is -3.25. The Morgan fingerprint density at radius 1 is 1.41 bits per heavy atom. The maximum Gasteiger partial charge on any atom is 0.232 e. The van der Waals surface area contributed by atoms with Crippen LogP contribution in [0.4, 0.5) is 5.69 Å². The summed E-state index contributed by atoms with van der Waals surface area (Å²) in [5, 5.41) is 3.19. The summed E-state index contributed by atoms with van der Waals surface area (Å²) in [5.41, 5.74) is 0.592. The van der Waals surface area contributed by atoms with Gasteiger partial charge in [0.1, 0.15) is 0 Å². The van der Waals surface area contributed by atoms with E-state index in [4.69, 9.17) is 0 Å². The van der Waals surface area contributed by atoms with Crippen LogP contribution < -0.4 is 10.0 Å². The molecule has 1 fully saturated rings. The summed E-state index contributed by atoms with van der Waals surface area (Å²) in [7, 11) is -3.25. The smallest absolute Gasteiger partial charge is 0.232 e. The number of benzene rings is 1. The van der Waals surface area contributed by atoms with Crippen molar-refractivity contribution in [2.24, 2.45) is 0 Å². The summed E-state index contributed by atoms with van der Waals surface area (Å²) in [6.07, 6.45) is 1.74. The Balaban J connectivity index is 1.94. The molecule has 6 heteroatoms. The van der Waals surface area contributed by atoms with Crippen molar-refractivity contribution in [1.29, 1.82) is 0 Å². The fourth-order valence-electron chi connectivity index (χ4n) is 1.65. The van der Waals surface area contributed by atoms with Crippen LogP contribution in [0.1, 0.15) is 12.8 Å². The van der Waals surface area contributed by atoms with Crippen LogP contribution >= 0.6 is 15.9 Å².